The van der Waals surface area contributed by atoms with E-state index in [1.807, 2.05) is 31.6 Å². The van der Waals surface area contributed by atoms with Crippen molar-refractivity contribution in [1.29, 1.82) is 0 Å². The quantitative estimate of drug-likeness (QED) is 0.116. The number of rotatable bonds is 13. The van der Waals surface area contributed by atoms with Gasteiger partial charge in [-0.3, -0.25) is 24.1 Å². The smallest absolute Gasteiger partial charge is 0.407 e. The number of amides is 1. The number of anilines is 5. The molecule has 7 rings (SSSR count). The lowest BCUT2D eigenvalue weighted by molar-refractivity contribution is 0.119. The van der Waals surface area contributed by atoms with Crippen LogP contribution in [0.15, 0.2) is 59.7 Å². The number of halogens is 1. The van der Waals surface area contributed by atoms with Crippen molar-refractivity contribution in [1.82, 2.24) is 39.5 Å². The van der Waals surface area contributed by atoms with E-state index >= 15 is 0 Å². The molecule has 2 saturated heterocycles. The zero-order valence-electron chi connectivity index (χ0n) is 31.7. The molecule has 19 heteroatoms. The number of methoxy groups -OCH3 is 1. The zero-order chi connectivity index (χ0) is 39.4. The predicted molar refractivity (Wildman–Crippen MR) is 218 cm³/mol. The highest BCUT2D eigenvalue weighted by atomic mass is 79.9. The van der Waals surface area contributed by atoms with Crippen molar-refractivity contribution in [3.8, 4) is 16.9 Å². The second-order valence-electron chi connectivity index (χ2n) is 13.7. The van der Waals surface area contributed by atoms with Gasteiger partial charge in [-0.2, -0.15) is 10.1 Å². The molecule has 0 bridgehead atoms. The summed E-state index contributed by atoms with van der Waals surface area (Å²) in [6.07, 6.45) is 10.7. The van der Waals surface area contributed by atoms with Crippen LogP contribution in [0.3, 0.4) is 0 Å². The lowest BCUT2D eigenvalue weighted by atomic mass is 9.93. The summed E-state index contributed by atoms with van der Waals surface area (Å²) in [4.78, 5) is 35.8. The summed E-state index contributed by atoms with van der Waals surface area (Å²) in [5, 5.41) is 20.6. The minimum absolute atomic E-state index is 0.227. The van der Waals surface area contributed by atoms with E-state index in [9.17, 15) is 14.5 Å². The SMILES string of the molecule is COc1cc(N2CCN(CCC3CCN(C(=O)O)CC3)CC2)c(-c2cnn(C)c2)cc1Nc1ncc(Br)c(Nc2ccc3nccnc3c2P(=O)(OC)OC)n1. The molecule has 2 aromatic carbocycles. The number of benzene rings is 2. The Kier molecular flexibility index (Phi) is 12.0. The molecule has 0 radical (unpaired) electrons. The number of hydrogen-bond donors (Lipinski definition) is 3. The number of likely N-dealkylation sites (tertiary alicyclic amines) is 1. The molecule has 0 saturated carbocycles. The number of nitrogens with one attached hydrogen (secondary N) is 2. The molecule has 3 aromatic heterocycles. The molecule has 296 valence electrons. The second kappa shape index (κ2) is 17.1. The van der Waals surface area contributed by atoms with Gasteiger partial charge >= 0.3 is 13.7 Å². The summed E-state index contributed by atoms with van der Waals surface area (Å²) in [6.45, 7) is 5.77. The lowest BCUT2D eigenvalue weighted by Gasteiger charge is -2.38. The molecule has 2 fully saturated rings. The van der Waals surface area contributed by atoms with E-state index in [4.69, 9.17) is 18.8 Å². The molecule has 0 atom stereocenters. The fourth-order valence-corrected chi connectivity index (χ4v) is 8.96. The third-order valence-electron chi connectivity index (χ3n) is 10.4. The molecular formula is C37H45BrN11O6P. The largest absolute Gasteiger partial charge is 0.494 e. The summed E-state index contributed by atoms with van der Waals surface area (Å²) in [5.41, 5.74) is 4.94. The molecule has 5 aromatic rings. The monoisotopic (exact) mass is 849 g/mol. The summed E-state index contributed by atoms with van der Waals surface area (Å²) in [5.74, 6) is 1.84. The number of aryl methyl sites for hydroxylation is 1. The van der Waals surface area contributed by atoms with Gasteiger partial charge in [0.25, 0.3) is 0 Å². The maximum atomic E-state index is 13.8. The van der Waals surface area contributed by atoms with Crippen LogP contribution in [-0.4, -0.2) is 118 Å². The van der Waals surface area contributed by atoms with Gasteiger partial charge in [-0.1, -0.05) is 0 Å². The molecule has 0 aliphatic carbocycles. The molecule has 2 aliphatic heterocycles. The summed E-state index contributed by atoms with van der Waals surface area (Å²) < 4.78 is 32.9. The van der Waals surface area contributed by atoms with Crippen LogP contribution in [0.1, 0.15) is 19.3 Å². The van der Waals surface area contributed by atoms with E-state index in [1.54, 1.807) is 36.3 Å². The Morgan fingerprint density at radius 1 is 0.964 bits per heavy atom. The molecule has 56 heavy (non-hydrogen) atoms. The first-order valence-electron chi connectivity index (χ1n) is 18.3. The number of aromatic nitrogens is 6. The number of fused-ring (bicyclic) bond motifs is 1. The fourth-order valence-electron chi connectivity index (χ4n) is 7.30. The zero-order valence-corrected chi connectivity index (χ0v) is 34.2. The van der Waals surface area contributed by atoms with Crippen LogP contribution < -0.4 is 25.6 Å². The van der Waals surface area contributed by atoms with E-state index in [1.165, 1.54) is 25.3 Å². The average Bonchev–Trinajstić information content (AvgIpc) is 3.66. The Balaban J connectivity index is 1.12. The van der Waals surface area contributed by atoms with Crippen molar-refractivity contribution in [3.05, 3.63) is 59.7 Å². The van der Waals surface area contributed by atoms with Gasteiger partial charge in [-0.25, -0.2) is 9.78 Å². The number of nitrogens with zero attached hydrogens (tertiary/aromatic N) is 9. The Bertz CT molecular complexity index is 2240. The summed E-state index contributed by atoms with van der Waals surface area (Å²) >= 11 is 3.56. The van der Waals surface area contributed by atoms with E-state index < -0.39 is 13.7 Å². The minimum Gasteiger partial charge on any atom is -0.494 e. The molecule has 1 amide bonds. The first-order chi connectivity index (χ1) is 27.1. The van der Waals surface area contributed by atoms with Crippen LogP contribution in [0.4, 0.5) is 33.6 Å². The van der Waals surface area contributed by atoms with Gasteiger partial charge in [0.15, 0.2) is 0 Å². The van der Waals surface area contributed by atoms with Crippen LogP contribution in [0, 0.1) is 5.92 Å². The van der Waals surface area contributed by atoms with Crippen molar-refractivity contribution in [2.24, 2.45) is 13.0 Å². The molecule has 17 nitrogen and oxygen atoms in total. The van der Waals surface area contributed by atoms with E-state index in [2.05, 4.69) is 56.4 Å². The standard InChI is InChI=1S/C37H45BrN11O6P/c1-46-23-25(21-42-46)26-19-30(32(53-2)20-31(26)48-17-15-47(16-18-48)12-7-24-8-13-49(14-9-24)37(50)51)44-36-41-22-27(38)35(45-36)43-29-6-5-28-33(40-11-10-39-28)34(29)56(52,54-3)55-4/h5-6,10-11,19-24H,7-9,12-18H2,1-4H3,(H,50,51)(H2,41,43,44,45). The van der Waals surface area contributed by atoms with Crippen molar-refractivity contribution in [2.75, 3.05) is 82.7 Å². The lowest BCUT2D eigenvalue weighted by Crippen LogP contribution is -2.47. The van der Waals surface area contributed by atoms with Crippen LogP contribution in [0.5, 0.6) is 5.75 Å². The maximum Gasteiger partial charge on any atom is 0.407 e. The van der Waals surface area contributed by atoms with Gasteiger partial charge in [0.1, 0.15) is 22.4 Å². The van der Waals surface area contributed by atoms with Gasteiger partial charge in [0.2, 0.25) is 5.95 Å². The van der Waals surface area contributed by atoms with Crippen molar-refractivity contribution >= 4 is 74.8 Å². The Morgan fingerprint density at radius 3 is 2.39 bits per heavy atom. The third kappa shape index (κ3) is 8.44. The van der Waals surface area contributed by atoms with E-state index in [0.717, 1.165) is 68.8 Å². The Morgan fingerprint density at radius 2 is 1.71 bits per heavy atom. The topological polar surface area (TPSA) is 185 Å². The molecule has 0 spiro atoms. The molecular weight excluding hydrogens is 805 g/mol. The number of carbonyl (C=O) groups is 1. The fraction of sp³-hybridized carbons (Fsp3) is 0.405. The number of hydrogen-bond acceptors (Lipinski definition) is 14. The molecule has 3 N–H and O–H groups in total. The van der Waals surface area contributed by atoms with Gasteiger partial charge < -0.3 is 39.3 Å². The maximum absolute atomic E-state index is 13.8. The van der Waals surface area contributed by atoms with Crippen molar-refractivity contribution < 1.29 is 28.3 Å². The number of carboxylic acid groups (broad SMARTS) is 1. The van der Waals surface area contributed by atoms with Crippen molar-refractivity contribution in [3.63, 3.8) is 0 Å². The number of piperazine rings is 1. The van der Waals surface area contributed by atoms with Crippen LogP contribution in [0.25, 0.3) is 22.2 Å². The van der Waals surface area contributed by atoms with Gasteiger partial charge in [-0.15, -0.1) is 0 Å². The van der Waals surface area contributed by atoms with Gasteiger partial charge in [0, 0.05) is 108 Å². The van der Waals surface area contributed by atoms with Gasteiger partial charge in [-0.05, 0) is 65.9 Å². The minimum atomic E-state index is -3.80. The Labute approximate surface area is 333 Å². The number of piperidine rings is 1. The predicted octanol–water partition coefficient (Wildman–Crippen LogP) is 6.09. The van der Waals surface area contributed by atoms with Crippen LogP contribution >= 0.6 is 23.5 Å². The second-order valence-corrected chi connectivity index (χ2v) is 16.7. The first-order valence-corrected chi connectivity index (χ1v) is 20.6. The molecule has 5 heterocycles. The third-order valence-corrected chi connectivity index (χ3v) is 12.9. The average molecular weight is 851 g/mol. The van der Waals surface area contributed by atoms with E-state index in [0.29, 0.717) is 57.5 Å². The summed E-state index contributed by atoms with van der Waals surface area (Å²) in [6, 6.07) is 7.57. The normalized spacial score (nSPS) is 15.7. The van der Waals surface area contributed by atoms with E-state index in [-0.39, 0.29) is 11.3 Å². The van der Waals surface area contributed by atoms with Crippen LogP contribution in [-0.2, 0) is 20.7 Å². The van der Waals surface area contributed by atoms with Gasteiger partial charge in [0.05, 0.1) is 34.7 Å². The van der Waals surface area contributed by atoms with Crippen molar-refractivity contribution in [2.45, 2.75) is 19.3 Å². The first kappa shape index (κ1) is 39.4. The highest BCUT2D eigenvalue weighted by Crippen LogP contribution is 2.49. The molecule has 2 aliphatic rings. The summed E-state index contributed by atoms with van der Waals surface area (Å²) in [7, 11) is 2.37. The van der Waals surface area contributed by atoms with Crippen LogP contribution in [0.2, 0.25) is 0 Å². The number of ether oxygens (including phenoxy) is 1. The Hall–Kier alpha value is -4.87. The highest BCUT2D eigenvalue weighted by molar-refractivity contribution is 9.10. The highest BCUT2D eigenvalue weighted by Gasteiger charge is 2.32. The molecule has 0 unspecified atom stereocenters.